The SMILES string of the molecule is Cc1ccncc1Cn1c(C)cc(C=O)c1C. The summed E-state index contributed by atoms with van der Waals surface area (Å²) in [4.78, 5) is 15.0. The van der Waals surface area contributed by atoms with Crippen molar-refractivity contribution in [1.82, 2.24) is 9.55 Å². The van der Waals surface area contributed by atoms with Crippen LogP contribution in [0.15, 0.2) is 24.5 Å². The highest BCUT2D eigenvalue weighted by Crippen LogP contribution is 2.16. The molecule has 3 heteroatoms. The van der Waals surface area contributed by atoms with E-state index in [0.717, 1.165) is 29.8 Å². The van der Waals surface area contributed by atoms with Crippen LogP contribution in [0.4, 0.5) is 0 Å². The molecule has 0 bridgehead atoms. The van der Waals surface area contributed by atoms with Crippen LogP contribution in [0.25, 0.3) is 0 Å². The van der Waals surface area contributed by atoms with Gasteiger partial charge in [0.05, 0.1) is 0 Å². The predicted octanol–water partition coefficient (Wildman–Crippen LogP) is 2.67. The van der Waals surface area contributed by atoms with Gasteiger partial charge in [-0.15, -0.1) is 0 Å². The van der Waals surface area contributed by atoms with Gasteiger partial charge < -0.3 is 4.57 Å². The highest BCUT2D eigenvalue weighted by molar-refractivity contribution is 5.77. The van der Waals surface area contributed by atoms with Crippen molar-refractivity contribution in [3.8, 4) is 0 Å². The molecule has 0 radical (unpaired) electrons. The van der Waals surface area contributed by atoms with Crippen molar-refractivity contribution >= 4 is 6.29 Å². The number of rotatable bonds is 3. The molecule has 0 unspecified atom stereocenters. The Kier molecular flexibility index (Phi) is 3.09. The van der Waals surface area contributed by atoms with E-state index in [2.05, 4.69) is 16.5 Å². The average molecular weight is 228 g/mol. The first kappa shape index (κ1) is 11.6. The molecule has 0 aliphatic rings. The molecule has 2 aromatic heterocycles. The van der Waals surface area contributed by atoms with E-state index in [0.29, 0.717) is 0 Å². The molecule has 88 valence electrons. The monoisotopic (exact) mass is 228 g/mol. The molecule has 0 aliphatic heterocycles. The lowest BCUT2D eigenvalue weighted by Crippen LogP contribution is -2.05. The second-order valence-corrected chi connectivity index (χ2v) is 4.33. The number of carbonyl (C=O) groups is 1. The molecule has 2 heterocycles. The molecule has 0 saturated carbocycles. The number of aromatic nitrogens is 2. The molecular formula is C14H16N2O. The molecule has 0 atom stereocenters. The maximum atomic E-state index is 10.9. The molecule has 2 aromatic rings. The molecule has 2 rings (SSSR count). The second kappa shape index (κ2) is 4.53. The summed E-state index contributed by atoms with van der Waals surface area (Å²) in [5.74, 6) is 0. The van der Waals surface area contributed by atoms with Crippen molar-refractivity contribution in [3.05, 3.63) is 52.6 Å². The van der Waals surface area contributed by atoms with Crippen molar-refractivity contribution in [2.24, 2.45) is 0 Å². The Morgan fingerprint density at radius 2 is 2.12 bits per heavy atom. The first-order chi connectivity index (χ1) is 8.13. The molecule has 17 heavy (non-hydrogen) atoms. The number of carbonyl (C=O) groups excluding carboxylic acids is 1. The largest absolute Gasteiger partial charge is 0.344 e. The van der Waals surface area contributed by atoms with Crippen molar-refractivity contribution in [2.45, 2.75) is 27.3 Å². The lowest BCUT2D eigenvalue weighted by atomic mass is 10.1. The van der Waals surface area contributed by atoms with Gasteiger partial charge in [0.1, 0.15) is 0 Å². The fourth-order valence-corrected chi connectivity index (χ4v) is 2.02. The van der Waals surface area contributed by atoms with Crippen LogP contribution in [0.1, 0.15) is 32.9 Å². The van der Waals surface area contributed by atoms with E-state index in [-0.39, 0.29) is 0 Å². The smallest absolute Gasteiger partial charge is 0.151 e. The minimum absolute atomic E-state index is 0.768. The lowest BCUT2D eigenvalue weighted by molar-refractivity contribution is 0.112. The van der Waals surface area contributed by atoms with Gasteiger partial charge in [-0.05, 0) is 44.0 Å². The molecule has 0 aliphatic carbocycles. The Morgan fingerprint density at radius 3 is 2.71 bits per heavy atom. The Balaban J connectivity index is 2.40. The second-order valence-electron chi connectivity index (χ2n) is 4.33. The zero-order chi connectivity index (χ0) is 12.4. The minimum atomic E-state index is 0.768. The standard InChI is InChI=1S/C14H16N2O/c1-10-4-5-15-7-14(10)8-16-11(2)6-13(9-17)12(16)3/h4-7,9H,8H2,1-3H3. The molecule has 0 fully saturated rings. The zero-order valence-corrected chi connectivity index (χ0v) is 10.4. The molecule has 3 nitrogen and oxygen atoms in total. The number of pyridine rings is 1. The van der Waals surface area contributed by atoms with Crippen LogP contribution in [0.5, 0.6) is 0 Å². The van der Waals surface area contributed by atoms with E-state index in [1.165, 1.54) is 11.1 Å². The number of hydrogen-bond acceptors (Lipinski definition) is 2. The van der Waals surface area contributed by atoms with Gasteiger partial charge in [0.2, 0.25) is 0 Å². The maximum absolute atomic E-state index is 10.9. The summed E-state index contributed by atoms with van der Waals surface area (Å²) >= 11 is 0. The van der Waals surface area contributed by atoms with Gasteiger partial charge in [-0.1, -0.05) is 0 Å². The molecule has 0 saturated heterocycles. The Bertz CT molecular complexity index is 555. The van der Waals surface area contributed by atoms with Crippen LogP contribution in [0, 0.1) is 20.8 Å². The molecule has 0 aromatic carbocycles. The van der Waals surface area contributed by atoms with Crippen molar-refractivity contribution in [3.63, 3.8) is 0 Å². The summed E-state index contributed by atoms with van der Waals surface area (Å²) in [6, 6.07) is 3.93. The first-order valence-electron chi connectivity index (χ1n) is 5.65. The van der Waals surface area contributed by atoms with Crippen LogP contribution in [-0.2, 0) is 6.54 Å². The van der Waals surface area contributed by atoms with Crippen molar-refractivity contribution in [1.29, 1.82) is 0 Å². The van der Waals surface area contributed by atoms with Gasteiger partial charge in [-0.2, -0.15) is 0 Å². The summed E-state index contributed by atoms with van der Waals surface area (Å²) in [6.45, 7) is 6.84. The summed E-state index contributed by atoms with van der Waals surface area (Å²) in [5.41, 5.74) is 5.30. The minimum Gasteiger partial charge on any atom is -0.344 e. The highest BCUT2D eigenvalue weighted by atomic mass is 16.1. The Morgan fingerprint density at radius 1 is 1.35 bits per heavy atom. The van der Waals surface area contributed by atoms with Gasteiger partial charge in [0.25, 0.3) is 0 Å². The first-order valence-corrected chi connectivity index (χ1v) is 5.65. The fourth-order valence-electron chi connectivity index (χ4n) is 2.02. The molecule has 0 N–H and O–H groups in total. The normalized spacial score (nSPS) is 10.5. The quantitative estimate of drug-likeness (QED) is 0.757. The lowest BCUT2D eigenvalue weighted by Gasteiger charge is -2.11. The van der Waals surface area contributed by atoms with E-state index in [9.17, 15) is 4.79 Å². The van der Waals surface area contributed by atoms with E-state index < -0.39 is 0 Å². The van der Waals surface area contributed by atoms with Gasteiger partial charge in [-0.3, -0.25) is 9.78 Å². The van der Waals surface area contributed by atoms with E-state index in [1.54, 1.807) is 6.20 Å². The van der Waals surface area contributed by atoms with E-state index in [4.69, 9.17) is 0 Å². The van der Waals surface area contributed by atoms with Crippen molar-refractivity contribution in [2.75, 3.05) is 0 Å². The van der Waals surface area contributed by atoms with E-state index >= 15 is 0 Å². The fraction of sp³-hybridized carbons (Fsp3) is 0.286. The van der Waals surface area contributed by atoms with E-state index in [1.807, 2.05) is 32.2 Å². The summed E-state index contributed by atoms with van der Waals surface area (Å²) < 4.78 is 2.15. The predicted molar refractivity (Wildman–Crippen MR) is 67.4 cm³/mol. The molecule has 0 spiro atoms. The van der Waals surface area contributed by atoms with Gasteiger partial charge in [0, 0.05) is 35.9 Å². The molecule has 0 amide bonds. The average Bonchev–Trinajstić information content (AvgIpc) is 2.59. The Hall–Kier alpha value is -1.90. The summed E-state index contributed by atoms with van der Waals surface area (Å²) in [7, 11) is 0. The van der Waals surface area contributed by atoms with Crippen LogP contribution >= 0.6 is 0 Å². The van der Waals surface area contributed by atoms with Crippen LogP contribution in [0.3, 0.4) is 0 Å². The van der Waals surface area contributed by atoms with Gasteiger partial charge >= 0.3 is 0 Å². The summed E-state index contributed by atoms with van der Waals surface area (Å²) in [5, 5.41) is 0. The van der Waals surface area contributed by atoms with Gasteiger partial charge in [0.15, 0.2) is 6.29 Å². The summed E-state index contributed by atoms with van der Waals surface area (Å²) in [6.07, 6.45) is 4.59. The van der Waals surface area contributed by atoms with Gasteiger partial charge in [-0.25, -0.2) is 0 Å². The number of nitrogens with zero attached hydrogens (tertiary/aromatic N) is 2. The Labute approximate surface area is 101 Å². The third kappa shape index (κ3) is 2.13. The number of hydrogen-bond donors (Lipinski definition) is 0. The molecular weight excluding hydrogens is 212 g/mol. The third-order valence-corrected chi connectivity index (χ3v) is 3.22. The number of aryl methyl sites for hydroxylation is 2. The van der Waals surface area contributed by atoms with Crippen LogP contribution in [0.2, 0.25) is 0 Å². The topological polar surface area (TPSA) is 34.9 Å². The third-order valence-electron chi connectivity index (χ3n) is 3.22. The maximum Gasteiger partial charge on any atom is 0.151 e. The van der Waals surface area contributed by atoms with Crippen molar-refractivity contribution < 1.29 is 4.79 Å². The zero-order valence-electron chi connectivity index (χ0n) is 10.4. The highest BCUT2D eigenvalue weighted by Gasteiger charge is 2.09. The number of aldehydes is 1. The van der Waals surface area contributed by atoms with Crippen LogP contribution in [-0.4, -0.2) is 15.8 Å². The van der Waals surface area contributed by atoms with Crippen LogP contribution < -0.4 is 0 Å².